The Labute approximate surface area is 598 Å². The van der Waals surface area contributed by atoms with Crippen LogP contribution in [-0.4, -0.2) is 86.9 Å². The number of carbonyl (C=O) groups is 5. The summed E-state index contributed by atoms with van der Waals surface area (Å²) in [6.45, 7) is 2.01. The largest absolute Gasteiger partial charge is 0.399 e. The maximum atomic E-state index is 12.6. The van der Waals surface area contributed by atoms with E-state index >= 15 is 0 Å². The number of thiazole rings is 4. The van der Waals surface area contributed by atoms with Gasteiger partial charge < -0.3 is 27.8 Å². The summed E-state index contributed by atoms with van der Waals surface area (Å²) in [6, 6.07) is 46.4. The fourth-order valence-corrected chi connectivity index (χ4v) is 15.1. The van der Waals surface area contributed by atoms with Crippen LogP contribution < -0.4 is 27.8 Å². The van der Waals surface area contributed by atoms with E-state index in [2.05, 4.69) is 55.5 Å². The van der Waals surface area contributed by atoms with Crippen molar-refractivity contribution < 1.29 is 24.0 Å². The first-order valence-corrected chi connectivity index (χ1v) is 36.3. The van der Waals surface area contributed by atoms with Crippen molar-refractivity contribution in [3.8, 4) is 0 Å². The molecular formula is C78H70N14O5S4. The van der Waals surface area contributed by atoms with E-state index in [-0.39, 0.29) is 28.9 Å². The van der Waals surface area contributed by atoms with Gasteiger partial charge in [-0.15, -0.1) is 0 Å². The number of benzene rings is 5. The molecule has 5 aromatic carbocycles. The summed E-state index contributed by atoms with van der Waals surface area (Å²) < 4.78 is 3.94. The predicted octanol–water partition coefficient (Wildman–Crippen LogP) is 16.7. The van der Waals surface area contributed by atoms with E-state index < -0.39 is 0 Å². The van der Waals surface area contributed by atoms with E-state index in [4.69, 9.17) is 17.2 Å². The normalized spacial score (nSPS) is 12.9. The number of nitrogens with two attached hydrogens (primary N) is 3. The molecule has 9 heterocycles. The van der Waals surface area contributed by atoms with Crippen molar-refractivity contribution in [1.29, 1.82) is 0 Å². The van der Waals surface area contributed by atoms with Gasteiger partial charge in [0.05, 0.1) is 40.9 Å². The number of ketones is 5. The molecule has 2 saturated carbocycles. The standard InChI is InChI=1S/2C20H21N3OS.2C13H9N3OS.C12H10N2O/c2*24-19(15-8-10-21-11-9-15)16-6-7-17-18(12-16)25-20(23-17)22-13-14-4-2-1-3-5-14;2*14-13-16-10-2-1-9(7-11(10)18-13)12(17)8-3-5-15-6-4-8;13-11-3-1-9(2-4-11)12(15)10-5-7-14-8-6-10/h2*6-12,14H,1-5,13H2,(H,22,23);2*1-7H,(H2,14,16);1-8H,13H2. The number of anilines is 5. The molecule has 2 aliphatic rings. The van der Waals surface area contributed by atoms with Gasteiger partial charge in [-0.2, -0.15) is 0 Å². The minimum absolute atomic E-state index is 0.0163. The highest BCUT2D eigenvalue weighted by Gasteiger charge is 2.19. The number of nitrogens with one attached hydrogen (secondary N) is 2. The fourth-order valence-electron chi connectivity index (χ4n) is 11.7. The highest BCUT2D eigenvalue weighted by Crippen LogP contribution is 2.33. The Balaban J connectivity index is 0.000000121. The number of hydrogen-bond donors (Lipinski definition) is 5. The third-order valence-corrected chi connectivity index (χ3v) is 20.7. The van der Waals surface area contributed by atoms with Gasteiger partial charge in [0.25, 0.3) is 0 Å². The molecule has 19 nitrogen and oxygen atoms in total. The predicted molar refractivity (Wildman–Crippen MR) is 407 cm³/mol. The Morgan fingerprint density at radius 2 is 0.554 bits per heavy atom. The van der Waals surface area contributed by atoms with Crippen LogP contribution in [0.1, 0.15) is 144 Å². The summed E-state index contributed by atoms with van der Waals surface area (Å²) in [5, 5.41) is 9.93. The minimum atomic E-state index is -0.0220. The smallest absolute Gasteiger partial charge is 0.193 e. The molecule has 14 aromatic rings. The molecule has 0 saturated heterocycles. The number of pyridine rings is 5. The van der Waals surface area contributed by atoms with E-state index in [1.54, 1.807) is 182 Å². The van der Waals surface area contributed by atoms with Crippen LogP contribution in [0.5, 0.6) is 0 Å². The maximum Gasteiger partial charge on any atom is 0.193 e. The number of carbonyl (C=O) groups excluding carboxylic acids is 5. The highest BCUT2D eigenvalue weighted by atomic mass is 32.1. The molecule has 8 N–H and O–H groups in total. The van der Waals surface area contributed by atoms with Gasteiger partial charge in [0.15, 0.2) is 49.4 Å². The average molecular weight is 1410 g/mol. The summed E-state index contributed by atoms with van der Waals surface area (Å²) in [7, 11) is 0. The Hall–Kier alpha value is -11.2. The molecule has 9 aromatic heterocycles. The summed E-state index contributed by atoms with van der Waals surface area (Å²) in [5.41, 5.74) is 27.5. The average Bonchev–Trinajstić information content (AvgIpc) is 1.73. The second-order valence-corrected chi connectivity index (χ2v) is 28.3. The monoisotopic (exact) mass is 1410 g/mol. The zero-order valence-electron chi connectivity index (χ0n) is 54.9. The zero-order chi connectivity index (χ0) is 69.9. The lowest BCUT2D eigenvalue weighted by Crippen LogP contribution is -2.16. The zero-order valence-corrected chi connectivity index (χ0v) is 58.1. The quantitative estimate of drug-likeness (QED) is 0.0443. The first kappa shape index (κ1) is 69.7. The van der Waals surface area contributed by atoms with E-state index in [1.165, 1.54) is 86.9 Å². The van der Waals surface area contributed by atoms with Gasteiger partial charge in [0.2, 0.25) is 0 Å². The summed E-state index contributed by atoms with van der Waals surface area (Å²) in [5.74, 6) is 1.52. The van der Waals surface area contributed by atoms with Crippen LogP contribution in [0.3, 0.4) is 0 Å². The Morgan fingerprint density at radius 3 is 0.851 bits per heavy atom. The molecule has 16 rings (SSSR count). The SMILES string of the molecule is Nc1ccc(C(=O)c2ccncc2)cc1.Nc1nc2ccc(C(=O)c3ccncc3)cc2s1.Nc1nc2ccc(C(=O)c3ccncc3)cc2s1.O=C(c1ccncc1)c1ccc2nc(NCC3CCCCC3)sc2c1.O=C(c1ccncc1)c1ccc2nc(NCC3CCCCC3)sc2c1. The van der Waals surface area contributed by atoms with Crippen molar-refractivity contribution in [3.63, 3.8) is 0 Å². The topological polar surface area (TPSA) is 303 Å². The van der Waals surface area contributed by atoms with Crippen molar-refractivity contribution >= 4 is 141 Å². The second kappa shape index (κ2) is 34.0. The molecule has 0 amide bonds. The van der Waals surface area contributed by atoms with Gasteiger partial charge in [0.1, 0.15) is 0 Å². The van der Waals surface area contributed by atoms with Gasteiger partial charge in [-0.05, 0) is 195 Å². The molecule has 506 valence electrons. The van der Waals surface area contributed by atoms with Crippen molar-refractivity contribution in [3.05, 3.63) is 275 Å². The van der Waals surface area contributed by atoms with Gasteiger partial charge in [-0.3, -0.25) is 48.9 Å². The maximum absolute atomic E-state index is 12.6. The van der Waals surface area contributed by atoms with Crippen molar-refractivity contribution in [2.75, 3.05) is 40.9 Å². The Bertz CT molecular complexity index is 4850. The lowest BCUT2D eigenvalue weighted by Gasteiger charge is -2.21. The molecule has 0 aliphatic heterocycles. The number of nitrogen functional groups attached to an aromatic ring is 3. The molecule has 2 aliphatic carbocycles. The van der Waals surface area contributed by atoms with E-state index in [0.29, 0.717) is 71.6 Å². The van der Waals surface area contributed by atoms with Gasteiger partial charge >= 0.3 is 0 Å². The summed E-state index contributed by atoms with van der Waals surface area (Å²) >= 11 is 6.01. The van der Waals surface area contributed by atoms with Crippen molar-refractivity contribution in [2.24, 2.45) is 11.8 Å². The molecule has 0 atom stereocenters. The van der Waals surface area contributed by atoms with Crippen LogP contribution in [0, 0.1) is 11.8 Å². The molecule has 0 radical (unpaired) electrons. The Morgan fingerprint density at radius 1 is 0.307 bits per heavy atom. The first-order valence-electron chi connectivity index (χ1n) is 33.0. The Kier molecular flexibility index (Phi) is 23.5. The third kappa shape index (κ3) is 18.8. The lowest BCUT2D eigenvalue weighted by atomic mass is 9.89. The van der Waals surface area contributed by atoms with Crippen LogP contribution in [0.2, 0.25) is 0 Å². The number of fused-ring (bicyclic) bond motifs is 4. The number of nitrogens with zero attached hydrogens (tertiary/aromatic N) is 9. The third-order valence-electron chi connectivity index (χ3n) is 17.1. The minimum Gasteiger partial charge on any atom is -0.399 e. The van der Waals surface area contributed by atoms with Crippen LogP contribution in [-0.2, 0) is 0 Å². The van der Waals surface area contributed by atoms with Gasteiger partial charge in [-0.1, -0.05) is 83.9 Å². The number of rotatable bonds is 16. The number of aromatic nitrogens is 9. The summed E-state index contributed by atoms with van der Waals surface area (Å²) in [6.07, 6.45) is 29.7. The lowest BCUT2D eigenvalue weighted by molar-refractivity contribution is 0.103. The van der Waals surface area contributed by atoms with Crippen molar-refractivity contribution in [1.82, 2.24) is 44.9 Å². The second-order valence-electron chi connectivity index (χ2n) is 24.1. The highest BCUT2D eigenvalue weighted by molar-refractivity contribution is 7.23. The molecule has 0 spiro atoms. The summed E-state index contributed by atoms with van der Waals surface area (Å²) in [4.78, 5) is 98.7. The molecule has 2 fully saturated rings. The molecule has 0 unspecified atom stereocenters. The van der Waals surface area contributed by atoms with Crippen LogP contribution >= 0.6 is 45.3 Å². The van der Waals surface area contributed by atoms with Gasteiger partial charge in [-0.25, -0.2) is 19.9 Å². The molecule has 23 heteroatoms. The van der Waals surface area contributed by atoms with E-state index in [1.807, 2.05) is 60.7 Å². The molecule has 101 heavy (non-hydrogen) atoms. The molecule has 0 bridgehead atoms. The van der Waals surface area contributed by atoms with E-state index in [0.717, 1.165) is 76.1 Å². The van der Waals surface area contributed by atoms with Crippen LogP contribution in [0.4, 0.5) is 26.2 Å². The van der Waals surface area contributed by atoms with Crippen LogP contribution in [0.15, 0.2) is 220 Å². The number of hydrogen-bond acceptors (Lipinski definition) is 23. The first-order chi connectivity index (χ1) is 49.3. The fraction of sp³-hybridized carbons (Fsp3) is 0.179. The van der Waals surface area contributed by atoms with Crippen molar-refractivity contribution in [2.45, 2.75) is 64.2 Å². The van der Waals surface area contributed by atoms with Gasteiger partial charge in [0, 0.05) is 136 Å². The van der Waals surface area contributed by atoms with Crippen LogP contribution in [0.25, 0.3) is 40.9 Å². The molecular weight excluding hydrogens is 1340 g/mol. The van der Waals surface area contributed by atoms with E-state index in [9.17, 15) is 24.0 Å².